The molecule has 2 N–H and O–H groups in total. The van der Waals surface area contributed by atoms with Gasteiger partial charge in [0.25, 0.3) is 15.9 Å². The van der Waals surface area contributed by atoms with Crippen molar-refractivity contribution in [3.63, 3.8) is 0 Å². The molecule has 0 aliphatic rings. The molecule has 0 unspecified atom stereocenters. The quantitative estimate of drug-likeness (QED) is 0.550. The van der Waals surface area contributed by atoms with Crippen LogP contribution in [0.4, 0.5) is 10.1 Å². The number of benzene rings is 3. The van der Waals surface area contributed by atoms with Crippen molar-refractivity contribution >= 4 is 21.6 Å². The molecule has 0 aliphatic carbocycles. The minimum absolute atomic E-state index is 0.149. The average molecular weight is 412 g/mol. The molecule has 150 valence electrons. The molecule has 0 heterocycles. The van der Waals surface area contributed by atoms with Crippen LogP contribution in [-0.2, 0) is 16.4 Å². The predicted molar refractivity (Wildman–Crippen MR) is 111 cm³/mol. The first-order valence-corrected chi connectivity index (χ1v) is 10.6. The zero-order chi connectivity index (χ0) is 20.7. The lowest BCUT2D eigenvalue weighted by Crippen LogP contribution is -2.25. The first kappa shape index (κ1) is 20.5. The normalized spacial score (nSPS) is 11.1. The first-order chi connectivity index (χ1) is 13.9. The number of rotatable bonds is 8. The number of nitrogens with one attached hydrogen (secondary N) is 2. The Morgan fingerprint density at radius 2 is 1.62 bits per heavy atom. The predicted octanol–water partition coefficient (Wildman–Crippen LogP) is 3.99. The molecule has 5 nitrogen and oxygen atoms in total. The van der Waals surface area contributed by atoms with E-state index < -0.39 is 10.0 Å². The van der Waals surface area contributed by atoms with Gasteiger partial charge in [0.15, 0.2) is 0 Å². The summed E-state index contributed by atoms with van der Waals surface area (Å²) in [6.07, 6.45) is 1.43. The molecule has 29 heavy (non-hydrogen) atoms. The largest absolute Gasteiger partial charge is 0.352 e. The van der Waals surface area contributed by atoms with Gasteiger partial charge in [0.05, 0.1) is 4.90 Å². The Hall–Kier alpha value is -3.19. The lowest BCUT2D eigenvalue weighted by molar-refractivity contribution is 0.0953. The van der Waals surface area contributed by atoms with E-state index in [2.05, 4.69) is 10.0 Å². The highest BCUT2D eigenvalue weighted by atomic mass is 32.2. The molecular weight excluding hydrogens is 391 g/mol. The fourth-order valence-electron chi connectivity index (χ4n) is 2.79. The van der Waals surface area contributed by atoms with Gasteiger partial charge in [-0.3, -0.25) is 9.52 Å². The standard InChI is InChI=1S/C22H21FN2O3S/c23-19-13-11-17(12-14-19)6-5-15-24-22(26)18-7-4-8-20(16-18)25-29(27,28)21-9-2-1-3-10-21/h1-4,7-14,16,25H,5-6,15H2,(H,24,26). The fourth-order valence-corrected chi connectivity index (χ4v) is 3.86. The Balaban J connectivity index is 1.56. The number of carbonyl (C=O) groups is 1. The van der Waals surface area contributed by atoms with Gasteiger partial charge in [0.1, 0.15) is 5.82 Å². The molecule has 3 rings (SSSR count). The Morgan fingerprint density at radius 3 is 2.34 bits per heavy atom. The van der Waals surface area contributed by atoms with Crippen LogP contribution in [0.1, 0.15) is 22.3 Å². The van der Waals surface area contributed by atoms with Gasteiger partial charge in [-0.25, -0.2) is 12.8 Å². The molecule has 0 radical (unpaired) electrons. The number of carbonyl (C=O) groups excluding carboxylic acids is 1. The molecular formula is C22H21FN2O3S. The van der Waals surface area contributed by atoms with E-state index >= 15 is 0 Å². The molecule has 0 saturated carbocycles. The van der Waals surface area contributed by atoms with E-state index in [0.717, 1.165) is 12.0 Å². The van der Waals surface area contributed by atoms with Crippen LogP contribution in [-0.4, -0.2) is 20.9 Å². The maximum absolute atomic E-state index is 12.9. The molecule has 0 spiro atoms. The van der Waals surface area contributed by atoms with Crippen molar-refractivity contribution in [1.29, 1.82) is 0 Å². The Bertz CT molecular complexity index is 1070. The van der Waals surface area contributed by atoms with Crippen LogP contribution in [0.25, 0.3) is 0 Å². The molecule has 0 bridgehead atoms. The molecule has 3 aromatic carbocycles. The van der Waals surface area contributed by atoms with Gasteiger partial charge >= 0.3 is 0 Å². The molecule has 0 aliphatic heterocycles. The Labute approximate surface area is 169 Å². The number of hydrogen-bond acceptors (Lipinski definition) is 3. The van der Waals surface area contributed by atoms with Crippen LogP contribution in [0.3, 0.4) is 0 Å². The van der Waals surface area contributed by atoms with E-state index in [9.17, 15) is 17.6 Å². The van der Waals surface area contributed by atoms with Crippen LogP contribution < -0.4 is 10.0 Å². The second-order valence-corrected chi connectivity index (χ2v) is 8.17. The number of sulfonamides is 1. The van der Waals surface area contributed by atoms with Crippen molar-refractivity contribution < 1.29 is 17.6 Å². The van der Waals surface area contributed by atoms with Crippen molar-refractivity contribution in [2.75, 3.05) is 11.3 Å². The third kappa shape index (κ3) is 5.89. The maximum Gasteiger partial charge on any atom is 0.261 e. The van der Waals surface area contributed by atoms with Gasteiger partial charge in [-0.15, -0.1) is 0 Å². The van der Waals surface area contributed by atoms with Crippen LogP contribution in [0, 0.1) is 5.82 Å². The van der Waals surface area contributed by atoms with Gasteiger partial charge in [-0.05, 0) is 60.9 Å². The summed E-state index contributed by atoms with van der Waals surface area (Å²) in [6, 6.07) is 20.6. The zero-order valence-electron chi connectivity index (χ0n) is 15.6. The van der Waals surface area contributed by atoms with E-state index in [1.165, 1.54) is 30.3 Å². The second kappa shape index (κ2) is 9.34. The van der Waals surface area contributed by atoms with Crippen molar-refractivity contribution in [1.82, 2.24) is 5.32 Å². The molecule has 7 heteroatoms. The number of anilines is 1. The van der Waals surface area contributed by atoms with E-state index in [1.54, 1.807) is 48.5 Å². The van der Waals surface area contributed by atoms with Crippen LogP contribution in [0.15, 0.2) is 83.8 Å². The molecule has 1 amide bonds. The minimum Gasteiger partial charge on any atom is -0.352 e. The summed E-state index contributed by atoms with van der Waals surface area (Å²) in [5, 5.41) is 2.81. The average Bonchev–Trinajstić information content (AvgIpc) is 2.73. The first-order valence-electron chi connectivity index (χ1n) is 9.15. The van der Waals surface area contributed by atoms with E-state index in [0.29, 0.717) is 24.2 Å². The van der Waals surface area contributed by atoms with E-state index in [-0.39, 0.29) is 16.6 Å². The number of hydrogen-bond donors (Lipinski definition) is 2. The fraction of sp³-hybridized carbons (Fsp3) is 0.136. The van der Waals surface area contributed by atoms with Gasteiger partial charge in [0, 0.05) is 17.8 Å². The van der Waals surface area contributed by atoms with Gasteiger partial charge in [-0.1, -0.05) is 36.4 Å². The second-order valence-electron chi connectivity index (χ2n) is 6.49. The molecule has 0 aromatic heterocycles. The van der Waals surface area contributed by atoms with Gasteiger partial charge < -0.3 is 5.32 Å². The molecule has 3 aromatic rings. The number of amides is 1. The third-order valence-corrected chi connectivity index (χ3v) is 5.67. The summed E-state index contributed by atoms with van der Waals surface area (Å²) in [7, 11) is -3.72. The monoisotopic (exact) mass is 412 g/mol. The van der Waals surface area contributed by atoms with Gasteiger partial charge in [-0.2, -0.15) is 0 Å². The Morgan fingerprint density at radius 1 is 0.897 bits per heavy atom. The highest BCUT2D eigenvalue weighted by Crippen LogP contribution is 2.17. The highest BCUT2D eigenvalue weighted by Gasteiger charge is 2.14. The smallest absolute Gasteiger partial charge is 0.261 e. The highest BCUT2D eigenvalue weighted by molar-refractivity contribution is 7.92. The SMILES string of the molecule is O=C(NCCCc1ccc(F)cc1)c1cccc(NS(=O)(=O)c2ccccc2)c1. The molecule has 0 atom stereocenters. The van der Waals surface area contributed by atoms with Crippen LogP contribution in [0.5, 0.6) is 0 Å². The molecule has 0 fully saturated rings. The van der Waals surface area contributed by atoms with Crippen molar-refractivity contribution in [3.05, 3.63) is 95.8 Å². The van der Waals surface area contributed by atoms with E-state index in [1.807, 2.05) is 0 Å². The summed E-state index contributed by atoms with van der Waals surface area (Å²) in [6.45, 7) is 0.455. The lowest BCUT2D eigenvalue weighted by Gasteiger charge is -2.10. The zero-order valence-corrected chi connectivity index (χ0v) is 16.5. The summed E-state index contributed by atoms with van der Waals surface area (Å²) in [5.41, 5.74) is 1.67. The van der Waals surface area contributed by atoms with Crippen molar-refractivity contribution in [3.8, 4) is 0 Å². The summed E-state index contributed by atoms with van der Waals surface area (Å²) in [4.78, 5) is 12.5. The van der Waals surface area contributed by atoms with Crippen molar-refractivity contribution in [2.45, 2.75) is 17.7 Å². The third-order valence-electron chi connectivity index (χ3n) is 4.27. The molecule has 0 saturated heterocycles. The van der Waals surface area contributed by atoms with Crippen LogP contribution >= 0.6 is 0 Å². The summed E-state index contributed by atoms with van der Waals surface area (Å²) in [5.74, 6) is -0.560. The van der Waals surface area contributed by atoms with Crippen molar-refractivity contribution in [2.24, 2.45) is 0 Å². The van der Waals surface area contributed by atoms with Gasteiger partial charge in [0.2, 0.25) is 0 Å². The lowest BCUT2D eigenvalue weighted by atomic mass is 10.1. The number of halogens is 1. The number of aryl methyl sites for hydroxylation is 1. The maximum atomic E-state index is 12.9. The summed E-state index contributed by atoms with van der Waals surface area (Å²) >= 11 is 0. The van der Waals surface area contributed by atoms with E-state index in [4.69, 9.17) is 0 Å². The van der Waals surface area contributed by atoms with Crippen LogP contribution in [0.2, 0.25) is 0 Å². The Kier molecular flexibility index (Phi) is 6.61. The minimum atomic E-state index is -3.72. The summed E-state index contributed by atoms with van der Waals surface area (Å²) < 4.78 is 40.2. The topological polar surface area (TPSA) is 75.3 Å².